The van der Waals surface area contributed by atoms with Crippen molar-refractivity contribution < 1.29 is 0 Å². The Hall–Kier alpha value is -0.830. The van der Waals surface area contributed by atoms with E-state index in [2.05, 4.69) is 30.9 Å². The molecule has 1 nitrogen and oxygen atoms in total. The summed E-state index contributed by atoms with van der Waals surface area (Å²) in [5, 5.41) is 4.84. The van der Waals surface area contributed by atoms with Crippen molar-refractivity contribution in [1.82, 2.24) is 0 Å². The van der Waals surface area contributed by atoms with Crippen molar-refractivity contribution in [3.8, 4) is 0 Å². The summed E-state index contributed by atoms with van der Waals surface area (Å²) in [6.07, 6.45) is 0.883. The van der Waals surface area contributed by atoms with Gasteiger partial charge in [-0.1, -0.05) is 54.4 Å². The van der Waals surface area contributed by atoms with Crippen molar-refractivity contribution in [2.45, 2.75) is 18.6 Å². The monoisotopic (exact) mass is 311 g/mol. The van der Waals surface area contributed by atoms with E-state index in [-0.39, 0.29) is 0 Å². The van der Waals surface area contributed by atoms with Gasteiger partial charge in [0.1, 0.15) is 0 Å². The molecule has 0 aliphatic heterocycles. The highest BCUT2D eigenvalue weighted by Crippen LogP contribution is 2.33. The van der Waals surface area contributed by atoms with Crippen molar-refractivity contribution in [2.24, 2.45) is 0 Å². The van der Waals surface area contributed by atoms with Crippen LogP contribution < -0.4 is 5.32 Å². The summed E-state index contributed by atoms with van der Waals surface area (Å²) in [5.74, 6) is 0. The summed E-state index contributed by atoms with van der Waals surface area (Å²) in [5.41, 5.74) is 2.95. The number of hydrogen-bond donors (Lipinski definition) is 2. The lowest BCUT2D eigenvalue weighted by Crippen LogP contribution is -2.02. The second-order valence-corrected chi connectivity index (χ2v) is 6.13. The average Bonchev–Trinajstić information content (AvgIpc) is 2.35. The largest absolute Gasteiger partial charge is 0.353 e. The Morgan fingerprint density at radius 3 is 2.32 bits per heavy atom. The first-order valence-electron chi connectivity index (χ1n) is 6.05. The molecule has 0 aliphatic carbocycles. The summed E-state index contributed by atoms with van der Waals surface area (Å²) < 4.78 is 0. The van der Waals surface area contributed by atoms with E-state index in [1.54, 1.807) is 0 Å². The molecule has 0 heterocycles. The topological polar surface area (TPSA) is 12.0 Å². The average molecular weight is 312 g/mol. The first-order chi connectivity index (χ1) is 9.08. The number of anilines is 2. The molecule has 0 radical (unpaired) electrons. The van der Waals surface area contributed by atoms with Crippen LogP contribution in [-0.4, -0.2) is 5.25 Å². The maximum Gasteiger partial charge on any atom is 0.0762 e. The zero-order valence-corrected chi connectivity index (χ0v) is 12.9. The van der Waals surface area contributed by atoms with E-state index < -0.39 is 0 Å². The molecule has 0 aliphatic rings. The van der Waals surface area contributed by atoms with Crippen molar-refractivity contribution in [3.63, 3.8) is 0 Å². The number of benzene rings is 2. The normalized spacial score (nSPS) is 12.2. The lowest BCUT2D eigenvalue weighted by Gasteiger charge is -2.15. The van der Waals surface area contributed by atoms with Crippen LogP contribution in [0.4, 0.5) is 11.4 Å². The fourth-order valence-corrected chi connectivity index (χ4v) is 2.58. The number of halogens is 2. The Morgan fingerprint density at radius 1 is 1.05 bits per heavy atom. The van der Waals surface area contributed by atoms with Crippen molar-refractivity contribution >= 4 is 47.2 Å². The van der Waals surface area contributed by atoms with E-state index in [0.717, 1.165) is 17.8 Å². The number of rotatable bonds is 4. The second kappa shape index (κ2) is 6.56. The second-order valence-electron chi connectivity index (χ2n) is 4.43. The van der Waals surface area contributed by atoms with Gasteiger partial charge < -0.3 is 5.32 Å². The summed E-state index contributed by atoms with van der Waals surface area (Å²) in [7, 11) is 0. The molecule has 0 bridgehead atoms. The van der Waals surface area contributed by atoms with Gasteiger partial charge in [0.05, 0.1) is 15.7 Å². The number of thiol groups is 1. The molecule has 100 valence electrons. The van der Waals surface area contributed by atoms with E-state index in [4.69, 9.17) is 23.2 Å². The third kappa shape index (κ3) is 3.82. The molecule has 2 rings (SSSR count). The van der Waals surface area contributed by atoms with Crippen molar-refractivity contribution in [3.05, 3.63) is 58.1 Å². The zero-order valence-electron chi connectivity index (χ0n) is 10.5. The molecule has 0 aromatic heterocycles. The number of hydrogen-bond acceptors (Lipinski definition) is 2. The Balaban J connectivity index is 2.33. The van der Waals surface area contributed by atoms with Crippen LogP contribution in [0.3, 0.4) is 0 Å². The predicted octanol–water partition coefficient (Wildman–Crippen LogP) is 5.60. The summed E-state index contributed by atoms with van der Waals surface area (Å²) in [6.45, 7) is 2.07. The summed E-state index contributed by atoms with van der Waals surface area (Å²) >= 11 is 16.8. The first-order valence-corrected chi connectivity index (χ1v) is 7.32. The zero-order chi connectivity index (χ0) is 13.8. The van der Waals surface area contributed by atoms with Crippen LogP contribution >= 0.6 is 35.8 Å². The van der Waals surface area contributed by atoms with Gasteiger partial charge in [0.25, 0.3) is 0 Å². The molecule has 1 N–H and O–H groups in total. The van der Waals surface area contributed by atoms with Crippen LogP contribution in [0.2, 0.25) is 10.0 Å². The fourth-order valence-electron chi connectivity index (χ4n) is 1.89. The third-order valence-electron chi connectivity index (χ3n) is 2.76. The van der Waals surface area contributed by atoms with Crippen LogP contribution in [0.1, 0.15) is 12.5 Å². The van der Waals surface area contributed by atoms with Gasteiger partial charge in [-0.25, -0.2) is 0 Å². The maximum atomic E-state index is 6.18. The molecule has 0 saturated heterocycles. The number of para-hydroxylation sites is 2. The smallest absolute Gasteiger partial charge is 0.0762 e. The third-order valence-corrected chi connectivity index (χ3v) is 3.57. The highest BCUT2D eigenvalue weighted by Gasteiger charge is 2.09. The Kier molecular flexibility index (Phi) is 5.03. The van der Waals surface area contributed by atoms with Gasteiger partial charge >= 0.3 is 0 Å². The molecule has 4 heteroatoms. The van der Waals surface area contributed by atoms with Gasteiger partial charge in [-0.15, -0.1) is 0 Å². The van der Waals surface area contributed by atoms with Gasteiger partial charge in [-0.05, 0) is 30.2 Å². The summed E-state index contributed by atoms with van der Waals surface area (Å²) in [6, 6.07) is 13.6. The van der Waals surface area contributed by atoms with E-state index in [1.807, 2.05) is 36.4 Å². The maximum absolute atomic E-state index is 6.18. The van der Waals surface area contributed by atoms with Crippen LogP contribution in [0, 0.1) is 0 Å². The number of nitrogens with one attached hydrogen (secondary N) is 1. The van der Waals surface area contributed by atoms with Crippen LogP contribution in [0.15, 0.2) is 42.5 Å². The van der Waals surface area contributed by atoms with E-state index in [1.165, 1.54) is 5.56 Å². The highest BCUT2D eigenvalue weighted by atomic mass is 35.5. The lowest BCUT2D eigenvalue weighted by atomic mass is 10.1. The van der Waals surface area contributed by atoms with Gasteiger partial charge in [0, 0.05) is 10.9 Å². The van der Waals surface area contributed by atoms with Gasteiger partial charge in [0.2, 0.25) is 0 Å². The van der Waals surface area contributed by atoms with Crippen molar-refractivity contribution in [1.29, 1.82) is 0 Å². The molecule has 0 saturated carbocycles. The van der Waals surface area contributed by atoms with Gasteiger partial charge in [-0.3, -0.25) is 0 Å². The molecule has 2 aromatic rings. The van der Waals surface area contributed by atoms with Crippen LogP contribution in [0.5, 0.6) is 0 Å². The first kappa shape index (κ1) is 14.6. The molecule has 2 aromatic carbocycles. The molecule has 19 heavy (non-hydrogen) atoms. The molecular formula is C15H15Cl2NS. The molecular weight excluding hydrogens is 297 g/mol. The minimum absolute atomic E-state index is 0.296. The van der Waals surface area contributed by atoms with E-state index in [9.17, 15) is 0 Å². The molecule has 1 atom stereocenters. The van der Waals surface area contributed by atoms with Gasteiger partial charge in [0.15, 0.2) is 0 Å². The molecule has 1 unspecified atom stereocenters. The quantitative estimate of drug-likeness (QED) is 0.700. The van der Waals surface area contributed by atoms with Crippen LogP contribution in [0.25, 0.3) is 0 Å². The lowest BCUT2D eigenvalue weighted by molar-refractivity contribution is 0.952. The fraction of sp³-hybridized carbons (Fsp3) is 0.200. The predicted molar refractivity (Wildman–Crippen MR) is 88.3 cm³/mol. The molecule has 0 fully saturated rings. The Labute approximate surface area is 129 Å². The van der Waals surface area contributed by atoms with E-state index >= 15 is 0 Å². The minimum Gasteiger partial charge on any atom is -0.353 e. The minimum atomic E-state index is 0.296. The molecule has 0 amide bonds. The van der Waals surface area contributed by atoms with Crippen LogP contribution in [-0.2, 0) is 6.42 Å². The van der Waals surface area contributed by atoms with E-state index in [0.29, 0.717) is 15.3 Å². The standard InChI is InChI=1S/C15H15Cl2NS/c1-10(19)9-11-5-2-3-8-14(11)18-15-12(16)6-4-7-13(15)17/h2-8,10,18-19H,9H2,1H3. The highest BCUT2D eigenvalue weighted by molar-refractivity contribution is 7.80. The molecule has 0 spiro atoms. The SMILES string of the molecule is CC(S)Cc1ccccc1Nc1c(Cl)cccc1Cl. The summed E-state index contributed by atoms with van der Waals surface area (Å²) in [4.78, 5) is 0. The van der Waals surface area contributed by atoms with Gasteiger partial charge in [-0.2, -0.15) is 12.6 Å². The van der Waals surface area contributed by atoms with Crippen molar-refractivity contribution in [2.75, 3.05) is 5.32 Å². The Bertz CT molecular complexity index is 550. The Morgan fingerprint density at radius 2 is 1.68 bits per heavy atom.